The van der Waals surface area contributed by atoms with Crippen LogP contribution < -0.4 is 10.2 Å². The van der Waals surface area contributed by atoms with Crippen LogP contribution in [0.2, 0.25) is 5.02 Å². The number of nitrogens with zero attached hydrogens (tertiary/aromatic N) is 3. The van der Waals surface area contributed by atoms with Gasteiger partial charge >= 0.3 is 0 Å². The number of anilines is 2. The van der Waals surface area contributed by atoms with Crippen LogP contribution in [-0.2, 0) is 4.79 Å². The van der Waals surface area contributed by atoms with E-state index in [2.05, 4.69) is 15.2 Å². The van der Waals surface area contributed by atoms with Gasteiger partial charge in [0.1, 0.15) is 6.07 Å². The third-order valence-corrected chi connectivity index (χ3v) is 4.27. The van der Waals surface area contributed by atoms with Gasteiger partial charge in [-0.05, 0) is 24.6 Å². The fourth-order valence-corrected chi connectivity index (χ4v) is 2.98. The number of amides is 1. The van der Waals surface area contributed by atoms with E-state index < -0.39 is 0 Å². The van der Waals surface area contributed by atoms with E-state index in [4.69, 9.17) is 16.9 Å². The van der Waals surface area contributed by atoms with Crippen molar-refractivity contribution in [2.45, 2.75) is 6.42 Å². The van der Waals surface area contributed by atoms with E-state index in [0.717, 1.165) is 18.7 Å². The van der Waals surface area contributed by atoms with Gasteiger partial charge in [0.25, 0.3) is 0 Å². The third-order valence-electron chi connectivity index (χ3n) is 3.95. The van der Waals surface area contributed by atoms with E-state index in [-0.39, 0.29) is 11.8 Å². The van der Waals surface area contributed by atoms with E-state index in [1.807, 2.05) is 30.3 Å². The summed E-state index contributed by atoms with van der Waals surface area (Å²) in [7, 11) is 0. The van der Waals surface area contributed by atoms with Crippen LogP contribution in [0.5, 0.6) is 0 Å². The maximum absolute atomic E-state index is 12.4. The molecule has 5 nitrogen and oxygen atoms in total. The van der Waals surface area contributed by atoms with Crippen LogP contribution in [0.25, 0.3) is 0 Å². The van der Waals surface area contributed by atoms with Gasteiger partial charge < -0.3 is 10.2 Å². The zero-order valence-electron chi connectivity index (χ0n) is 12.4. The molecule has 0 aliphatic carbocycles. The molecule has 0 saturated carbocycles. The minimum atomic E-state index is -0.133. The molecule has 0 radical (unpaired) electrons. The molecule has 1 atom stereocenters. The van der Waals surface area contributed by atoms with Crippen molar-refractivity contribution in [3.63, 3.8) is 0 Å². The Balaban J connectivity index is 1.69. The lowest BCUT2D eigenvalue weighted by Crippen LogP contribution is -2.27. The predicted octanol–water partition coefficient (Wildman–Crippen LogP) is 3.07. The number of halogens is 1. The third kappa shape index (κ3) is 3.27. The van der Waals surface area contributed by atoms with Gasteiger partial charge in [-0.2, -0.15) is 5.26 Å². The highest BCUT2D eigenvalue weighted by Gasteiger charge is 2.29. The fourth-order valence-electron chi connectivity index (χ4n) is 2.73. The van der Waals surface area contributed by atoms with Crippen molar-refractivity contribution in [3.05, 3.63) is 53.3 Å². The summed E-state index contributed by atoms with van der Waals surface area (Å²) in [5.41, 5.74) is 1.82. The fraction of sp³-hybridized carbons (Fsp3) is 0.235. The van der Waals surface area contributed by atoms with Crippen LogP contribution in [0.1, 0.15) is 12.0 Å². The maximum Gasteiger partial charge on any atom is 0.229 e. The first-order chi connectivity index (χ1) is 11.2. The molecule has 3 rings (SSSR count). The molecule has 1 aliphatic rings. The highest BCUT2D eigenvalue weighted by molar-refractivity contribution is 6.33. The molecule has 0 bridgehead atoms. The van der Waals surface area contributed by atoms with Crippen LogP contribution >= 0.6 is 11.6 Å². The van der Waals surface area contributed by atoms with E-state index in [9.17, 15) is 4.79 Å². The van der Waals surface area contributed by atoms with E-state index in [1.165, 1.54) is 6.20 Å². The number of rotatable bonds is 3. The van der Waals surface area contributed by atoms with Crippen molar-refractivity contribution < 1.29 is 4.79 Å². The average molecular weight is 327 g/mol. The minimum Gasteiger partial charge on any atom is -0.370 e. The molecule has 1 aromatic carbocycles. The van der Waals surface area contributed by atoms with E-state index >= 15 is 0 Å². The second-order valence-corrected chi connectivity index (χ2v) is 5.81. The smallest absolute Gasteiger partial charge is 0.229 e. The summed E-state index contributed by atoms with van der Waals surface area (Å²) in [5.74, 6) is -0.215. The van der Waals surface area contributed by atoms with Crippen LogP contribution in [0.15, 0.2) is 42.7 Å². The molecular formula is C17H15ClN4O. The molecule has 23 heavy (non-hydrogen) atoms. The predicted molar refractivity (Wildman–Crippen MR) is 89.4 cm³/mol. The van der Waals surface area contributed by atoms with Crippen LogP contribution in [0.3, 0.4) is 0 Å². The Bertz CT molecular complexity index is 771. The minimum absolute atomic E-state index is 0.0812. The molecule has 2 heterocycles. The van der Waals surface area contributed by atoms with Gasteiger partial charge in [-0.1, -0.05) is 23.7 Å². The number of hydrogen-bond donors (Lipinski definition) is 1. The normalized spacial score (nSPS) is 16.9. The highest BCUT2D eigenvalue weighted by atomic mass is 35.5. The first-order valence-corrected chi connectivity index (χ1v) is 7.71. The Morgan fingerprint density at radius 3 is 3.00 bits per heavy atom. The zero-order valence-corrected chi connectivity index (χ0v) is 13.1. The molecule has 0 spiro atoms. The number of carbonyl (C=O) groups excluding carboxylic acids is 1. The summed E-state index contributed by atoms with van der Waals surface area (Å²) in [5, 5.41) is 12.6. The molecule has 1 N–H and O–H groups in total. The summed E-state index contributed by atoms with van der Waals surface area (Å²) in [6.45, 7) is 1.39. The number of benzene rings is 1. The maximum atomic E-state index is 12.4. The molecule has 1 aromatic heterocycles. The summed E-state index contributed by atoms with van der Waals surface area (Å²) < 4.78 is 0. The van der Waals surface area contributed by atoms with Crippen molar-refractivity contribution in [2.75, 3.05) is 23.3 Å². The molecular weight excluding hydrogens is 312 g/mol. The second kappa shape index (κ2) is 6.67. The molecule has 2 aromatic rings. The van der Waals surface area contributed by atoms with E-state index in [0.29, 0.717) is 22.8 Å². The molecule has 1 saturated heterocycles. The SMILES string of the molecule is N#Cc1cnccc1NC(=O)[C@@H]1CCN(c2ccccc2Cl)C1. The summed E-state index contributed by atoms with van der Waals surface area (Å²) in [6.07, 6.45) is 3.76. The number of nitriles is 1. The molecule has 1 fully saturated rings. The topological polar surface area (TPSA) is 69.0 Å². The number of hydrogen-bond acceptors (Lipinski definition) is 4. The summed E-state index contributed by atoms with van der Waals surface area (Å²) in [4.78, 5) is 18.4. The van der Waals surface area contributed by atoms with Crippen LogP contribution in [0, 0.1) is 17.2 Å². The number of carbonyl (C=O) groups is 1. The largest absolute Gasteiger partial charge is 0.370 e. The second-order valence-electron chi connectivity index (χ2n) is 5.41. The van der Waals surface area contributed by atoms with Gasteiger partial charge in [-0.3, -0.25) is 9.78 Å². The van der Waals surface area contributed by atoms with Crippen molar-refractivity contribution in [1.82, 2.24) is 4.98 Å². The lowest BCUT2D eigenvalue weighted by Gasteiger charge is -2.19. The van der Waals surface area contributed by atoms with Gasteiger partial charge in [0.15, 0.2) is 0 Å². The monoisotopic (exact) mass is 326 g/mol. The number of para-hydroxylation sites is 1. The molecule has 0 unspecified atom stereocenters. The Labute approximate surface area is 139 Å². The van der Waals surface area contributed by atoms with Gasteiger partial charge in [-0.25, -0.2) is 0 Å². The quantitative estimate of drug-likeness (QED) is 0.941. The first-order valence-electron chi connectivity index (χ1n) is 7.33. The molecule has 1 amide bonds. The Morgan fingerprint density at radius 2 is 2.22 bits per heavy atom. The molecule has 116 valence electrons. The van der Waals surface area contributed by atoms with Gasteiger partial charge in [0.2, 0.25) is 5.91 Å². The highest BCUT2D eigenvalue weighted by Crippen LogP contribution is 2.30. The number of aromatic nitrogens is 1. The van der Waals surface area contributed by atoms with Gasteiger partial charge in [0, 0.05) is 25.5 Å². The summed E-state index contributed by atoms with van der Waals surface area (Å²) >= 11 is 6.22. The first kappa shape index (κ1) is 15.3. The Kier molecular flexibility index (Phi) is 4.45. The zero-order chi connectivity index (χ0) is 16.2. The van der Waals surface area contributed by atoms with Gasteiger partial charge in [0.05, 0.1) is 27.9 Å². The van der Waals surface area contributed by atoms with Crippen LogP contribution in [-0.4, -0.2) is 24.0 Å². The van der Waals surface area contributed by atoms with Crippen molar-refractivity contribution in [1.29, 1.82) is 5.26 Å². The van der Waals surface area contributed by atoms with E-state index in [1.54, 1.807) is 12.3 Å². The Morgan fingerprint density at radius 1 is 1.39 bits per heavy atom. The summed E-state index contributed by atoms with van der Waals surface area (Å²) in [6, 6.07) is 11.3. The Hall–Kier alpha value is -2.58. The van der Waals surface area contributed by atoms with Crippen molar-refractivity contribution >= 4 is 28.9 Å². The average Bonchev–Trinajstić information content (AvgIpc) is 3.05. The lowest BCUT2D eigenvalue weighted by molar-refractivity contribution is -0.119. The molecule has 1 aliphatic heterocycles. The van der Waals surface area contributed by atoms with Crippen molar-refractivity contribution in [2.24, 2.45) is 5.92 Å². The standard InChI is InChI=1S/C17H15ClN4O/c18-14-3-1-2-4-16(14)22-8-6-12(11-22)17(23)21-15-5-7-20-10-13(15)9-19/h1-5,7,10,12H,6,8,11H2,(H,20,21,23)/t12-/m1/s1. The van der Waals surface area contributed by atoms with Crippen molar-refractivity contribution in [3.8, 4) is 6.07 Å². The number of nitrogens with one attached hydrogen (secondary N) is 1. The van der Waals surface area contributed by atoms with Crippen LogP contribution in [0.4, 0.5) is 11.4 Å². The molecule has 6 heteroatoms. The van der Waals surface area contributed by atoms with Gasteiger partial charge in [-0.15, -0.1) is 0 Å². The number of pyridine rings is 1. The lowest BCUT2D eigenvalue weighted by atomic mass is 10.1.